The van der Waals surface area contributed by atoms with Crippen LogP contribution < -0.4 is 20.1 Å². The van der Waals surface area contributed by atoms with E-state index in [-0.39, 0.29) is 12.5 Å². The first-order valence-electron chi connectivity index (χ1n) is 10.6. The molecule has 0 unspecified atom stereocenters. The second kappa shape index (κ2) is 11.2. The van der Waals surface area contributed by atoms with Crippen molar-refractivity contribution in [2.75, 3.05) is 34.4 Å². The smallest absolute Gasteiger partial charge is 0.259 e. The Labute approximate surface area is 184 Å². The molecular formula is C24H32N4O3. The van der Waals surface area contributed by atoms with Crippen molar-refractivity contribution in [2.45, 2.75) is 25.9 Å². The molecule has 1 fully saturated rings. The Hall–Kier alpha value is -3.22. The van der Waals surface area contributed by atoms with Crippen molar-refractivity contribution in [3.8, 4) is 11.5 Å². The minimum Gasteiger partial charge on any atom is -0.493 e. The van der Waals surface area contributed by atoms with Crippen molar-refractivity contribution in [2.24, 2.45) is 10.9 Å². The van der Waals surface area contributed by atoms with Gasteiger partial charge in [0, 0.05) is 39.8 Å². The number of ether oxygens (including phenoxy) is 2. The van der Waals surface area contributed by atoms with E-state index in [0.717, 1.165) is 29.4 Å². The number of amides is 1. The Morgan fingerprint density at radius 1 is 1.06 bits per heavy atom. The summed E-state index contributed by atoms with van der Waals surface area (Å²) in [6, 6.07) is 15.8. The van der Waals surface area contributed by atoms with Gasteiger partial charge in [-0.2, -0.15) is 0 Å². The van der Waals surface area contributed by atoms with Crippen molar-refractivity contribution in [3.63, 3.8) is 0 Å². The Bertz CT molecular complexity index is 894. The summed E-state index contributed by atoms with van der Waals surface area (Å²) in [7, 11) is 5.17. The van der Waals surface area contributed by atoms with Gasteiger partial charge in [-0.05, 0) is 42.5 Å². The molecule has 3 rings (SSSR count). The Balaban J connectivity index is 1.48. The van der Waals surface area contributed by atoms with Crippen LogP contribution in [0, 0.1) is 5.92 Å². The van der Waals surface area contributed by atoms with Gasteiger partial charge in [0.05, 0.1) is 6.61 Å². The lowest BCUT2D eigenvalue weighted by molar-refractivity contribution is -0.130. The van der Waals surface area contributed by atoms with Crippen molar-refractivity contribution < 1.29 is 14.3 Å². The SMILES string of the molecule is CN=C(NCc1cccc(OCC(=O)N(C)C)c1)NCc1ccccc1OCC1CC1. The zero-order valence-corrected chi connectivity index (χ0v) is 18.6. The average Bonchev–Trinajstić information content (AvgIpc) is 3.61. The van der Waals surface area contributed by atoms with Gasteiger partial charge in [0.25, 0.3) is 5.91 Å². The molecule has 1 saturated carbocycles. The molecule has 0 atom stereocenters. The summed E-state index contributed by atoms with van der Waals surface area (Å²) in [4.78, 5) is 17.5. The molecule has 0 aromatic heterocycles. The number of carbonyl (C=O) groups is 1. The molecule has 1 aliphatic carbocycles. The number of hydrogen-bond donors (Lipinski definition) is 2. The van der Waals surface area contributed by atoms with E-state index in [9.17, 15) is 4.79 Å². The van der Waals surface area contributed by atoms with E-state index in [2.05, 4.69) is 21.7 Å². The maximum Gasteiger partial charge on any atom is 0.259 e. The van der Waals surface area contributed by atoms with Crippen LogP contribution in [-0.4, -0.2) is 51.1 Å². The first-order chi connectivity index (χ1) is 15.0. The van der Waals surface area contributed by atoms with Crippen molar-refractivity contribution in [3.05, 3.63) is 59.7 Å². The van der Waals surface area contributed by atoms with Gasteiger partial charge < -0.3 is 25.0 Å². The molecule has 1 amide bonds. The number of nitrogens with zero attached hydrogens (tertiary/aromatic N) is 2. The van der Waals surface area contributed by atoms with Gasteiger partial charge in [0.1, 0.15) is 11.5 Å². The number of likely N-dealkylation sites (N-methyl/N-ethyl adjacent to an activating group) is 1. The van der Waals surface area contributed by atoms with Gasteiger partial charge >= 0.3 is 0 Å². The highest BCUT2D eigenvalue weighted by Gasteiger charge is 2.22. The maximum atomic E-state index is 11.7. The molecule has 2 N–H and O–H groups in total. The number of aliphatic imine (C=N–C) groups is 1. The molecule has 0 radical (unpaired) electrons. The number of para-hydroxylation sites is 1. The third-order valence-corrected chi connectivity index (χ3v) is 5.03. The summed E-state index contributed by atoms with van der Waals surface area (Å²) in [6.07, 6.45) is 2.55. The quantitative estimate of drug-likeness (QED) is 0.453. The summed E-state index contributed by atoms with van der Waals surface area (Å²) < 4.78 is 11.6. The molecule has 1 aliphatic rings. The van der Waals surface area contributed by atoms with Crippen LogP contribution in [0.25, 0.3) is 0 Å². The van der Waals surface area contributed by atoms with Crippen molar-refractivity contribution >= 4 is 11.9 Å². The van der Waals surface area contributed by atoms with Crippen LogP contribution in [0.4, 0.5) is 0 Å². The third-order valence-electron chi connectivity index (χ3n) is 5.03. The average molecular weight is 425 g/mol. The van der Waals surface area contributed by atoms with E-state index in [1.807, 2.05) is 42.5 Å². The molecule has 0 heterocycles. The fraction of sp³-hybridized carbons (Fsp3) is 0.417. The normalized spacial score (nSPS) is 13.5. The molecule has 2 aromatic carbocycles. The number of guanidine groups is 1. The lowest BCUT2D eigenvalue weighted by Crippen LogP contribution is -2.36. The first-order valence-corrected chi connectivity index (χ1v) is 10.6. The van der Waals surface area contributed by atoms with E-state index in [0.29, 0.717) is 24.8 Å². The molecule has 0 aliphatic heterocycles. The lowest BCUT2D eigenvalue weighted by atomic mass is 10.2. The Kier molecular flexibility index (Phi) is 8.15. The van der Waals surface area contributed by atoms with E-state index in [1.54, 1.807) is 21.1 Å². The summed E-state index contributed by atoms with van der Waals surface area (Å²) in [5.74, 6) is 2.94. The molecule has 7 heteroatoms. The van der Waals surface area contributed by atoms with Crippen LogP contribution in [0.3, 0.4) is 0 Å². The molecule has 0 bridgehead atoms. The van der Waals surface area contributed by atoms with Crippen LogP contribution in [0.5, 0.6) is 11.5 Å². The first kappa shape index (κ1) is 22.5. The predicted octanol–water partition coefficient (Wildman–Crippen LogP) is 2.81. The fourth-order valence-corrected chi connectivity index (χ4v) is 2.89. The molecule has 2 aromatic rings. The van der Waals surface area contributed by atoms with E-state index in [4.69, 9.17) is 9.47 Å². The topological polar surface area (TPSA) is 75.2 Å². The zero-order chi connectivity index (χ0) is 22.1. The highest BCUT2D eigenvalue weighted by atomic mass is 16.5. The Morgan fingerprint density at radius 2 is 1.84 bits per heavy atom. The summed E-state index contributed by atoms with van der Waals surface area (Å²) in [5, 5.41) is 6.66. The van der Waals surface area contributed by atoms with Crippen LogP contribution in [0.15, 0.2) is 53.5 Å². The predicted molar refractivity (Wildman–Crippen MR) is 122 cm³/mol. The molecule has 7 nitrogen and oxygen atoms in total. The monoisotopic (exact) mass is 424 g/mol. The van der Waals surface area contributed by atoms with Crippen LogP contribution in [0.2, 0.25) is 0 Å². The lowest BCUT2D eigenvalue weighted by Gasteiger charge is -2.15. The Morgan fingerprint density at radius 3 is 2.58 bits per heavy atom. The minimum atomic E-state index is -0.0745. The summed E-state index contributed by atoms with van der Waals surface area (Å²) >= 11 is 0. The molecular weight excluding hydrogens is 392 g/mol. The minimum absolute atomic E-state index is 0.0231. The zero-order valence-electron chi connectivity index (χ0n) is 18.6. The van der Waals surface area contributed by atoms with Gasteiger partial charge in [-0.1, -0.05) is 30.3 Å². The molecule has 0 spiro atoms. The van der Waals surface area contributed by atoms with Crippen molar-refractivity contribution in [1.29, 1.82) is 0 Å². The van der Waals surface area contributed by atoms with Crippen LogP contribution >= 0.6 is 0 Å². The number of hydrogen-bond acceptors (Lipinski definition) is 4. The van der Waals surface area contributed by atoms with Gasteiger partial charge in [-0.3, -0.25) is 9.79 Å². The molecule has 31 heavy (non-hydrogen) atoms. The van der Waals surface area contributed by atoms with E-state index in [1.165, 1.54) is 17.7 Å². The van der Waals surface area contributed by atoms with Gasteiger partial charge in [0.15, 0.2) is 12.6 Å². The fourth-order valence-electron chi connectivity index (χ4n) is 2.89. The van der Waals surface area contributed by atoms with Gasteiger partial charge in [-0.15, -0.1) is 0 Å². The largest absolute Gasteiger partial charge is 0.493 e. The summed E-state index contributed by atoms with van der Waals surface area (Å²) in [6.45, 7) is 2.02. The molecule has 0 saturated heterocycles. The molecule has 166 valence electrons. The van der Waals surface area contributed by atoms with Crippen LogP contribution in [-0.2, 0) is 17.9 Å². The number of rotatable bonds is 10. The van der Waals surface area contributed by atoms with Crippen molar-refractivity contribution in [1.82, 2.24) is 15.5 Å². The van der Waals surface area contributed by atoms with Crippen LogP contribution in [0.1, 0.15) is 24.0 Å². The second-order valence-electron chi connectivity index (χ2n) is 7.87. The standard InChI is InChI=1S/C24H32N4O3/c1-25-24(27-15-20-8-4-5-10-22(20)31-16-18-11-12-18)26-14-19-7-6-9-21(13-19)30-17-23(29)28(2)3/h4-10,13,18H,11-12,14-17H2,1-3H3,(H2,25,26,27). The second-order valence-corrected chi connectivity index (χ2v) is 7.87. The number of carbonyl (C=O) groups excluding carboxylic acids is 1. The highest BCUT2D eigenvalue weighted by molar-refractivity contribution is 5.79. The number of nitrogens with one attached hydrogen (secondary N) is 2. The highest BCUT2D eigenvalue weighted by Crippen LogP contribution is 2.30. The van der Waals surface area contributed by atoms with E-state index >= 15 is 0 Å². The van der Waals surface area contributed by atoms with Gasteiger partial charge in [-0.25, -0.2) is 0 Å². The van der Waals surface area contributed by atoms with E-state index < -0.39 is 0 Å². The summed E-state index contributed by atoms with van der Waals surface area (Å²) in [5.41, 5.74) is 2.14. The van der Waals surface area contributed by atoms with Gasteiger partial charge in [0.2, 0.25) is 0 Å². The maximum absolute atomic E-state index is 11.7. The third kappa shape index (κ3) is 7.51. The number of benzene rings is 2.